The van der Waals surface area contributed by atoms with Crippen LogP contribution in [-0.2, 0) is 6.54 Å². The summed E-state index contributed by atoms with van der Waals surface area (Å²) in [6.07, 6.45) is 8.01. The quantitative estimate of drug-likeness (QED) is 0.886. The Labute approximate surface area is 135 Å². The molecule has 0 atom stereocenters. The predicted octanol–water partition coefficient (Wildman–Crippen LogP) is 2.46. The van der Waals surface area contributed by atoms with Gasteiger partial charge in [0, 0.05) is 30.7 Å². The zero-order valence-electron chi connectivity index (χ0n) is 13.2. The molecular formula is C17H21N5O. The lowest BCUT2D eigenvalue weighted by Crippen LogP contribution is -2.33. The van der Waals surface area contributed by atoms with Gasteiger partial charge in [-0.2, -0.15) is 0 Å². The molecule has 120 valence electrons. The van der Waals surface area contributed by atoms with Gasteiger partial charge in [-0.3, -0.25) is 9.78 Å². The summed E-state index contributed by atoms with van der Waals surface area (Å²) < 4.78 is 0. The summed E-state index contributed by atoms with van der Waals surface area (Å²) >= 11 is 0. The third-order valence-corrected chi connectivity index (χ3v) is 3.95. The molecule has 2 aromatic rings. The van der Waals surface area contributed by atoms with Gasteiger partial charge in [0.1, 0.15) is 5.69 Å². The summed E-state index contributed by atoms with van der Waals surface area (Å²) in [5, 5.41) is 6.20. The third-order valence-electron chi connectivity index (χ3n) is 3.95. The second-order valence-corrected chi connectivity index (χ2v) is 5.89. The summed E-state index contributed by atoms with van der Waals surface area (Å²) in [6, 6.07) is 5.86. The fourth-order valence-corrected chi connectivity index (χ4v) is 2.78. The minimum absolute atomic E-state index is 0.119. The van der Waals surface area contributed by atoms with E-state index in [-0.39, 0.29) is 11.9 Å². The van der Waals surface area contributed by atoms with Crippen LogP contribution in [0.3, 0.4) is 0 Å². The van der Waals surface area contributed by atoms with Crippen LogP contribution >= 0.6 is 0 Å². The van der Waals surface area contributed by atoms with Crippen molar-refractivity contribution < 1.29 is 4.79 Å². The number of carbonyl (C=O) groups excluding carboxylic acids is 1. The van der Waals surface area contributed by atoms with Gasteiger partial charge < -0.3 is 10.6 Å². The first kappa shape index (κ1) is 15.4. The second-order valence-electron chi connectivity index (χ2n) is 5.89. The number of anilines is 1. The van der Waals surface area contributed by atoms with Crippen LogP contribution in [0.4, 0.5) is 5.95 Å². The molecule has 2 N–H and O–H groups in total. The van der Waals surface area contributed by atoms with Crippen LogP contribution in [0.2, 0.25) is 0 Å². The fourth-order valence-electron chi connectivity index (χ4n) is 2.78. The lowest BCUT2D eigenvalue weighted by Gasteiger charge is -2.12. The highest BCUT2D eigenvalue weighted by atomic mass is 16.1. The maximum atomic E-state index is 12.3. The van der Waals surface area contributed by atoms with Crippen molar-refractivity contribution in [3.8, 4) is 0 Å². The third kappa shape index (κ3) is 4.25. The molecule has 2 aromatic heterocycles. The zero-order chi connectivity index (χ0) is 16.1. The van der Waals surface area contributed by atoms with Crippen molar-refractivity contribution in [2.45, 2.75) is 45.2 Å². The number of hydrogen-bond donors (Lipinski definition) is 2. The van der Waals surface area contributed by atoms with Gasteiger partial charge in [0.25, 0.3) is 5.91 Å². The average molecular weight is 311 g/mol. The molecule has 23 heavy (non-hydrogen) atoms. The van der Waals surface area contributed by atoms with Crippen molar-refractivity contribution in [1.29, 1.82) is 0 Å². The lowest BCUT2D eigenvalue weighted by atomic mass is 10.2. The Morgan fingerprint density at radius 2 is 2.13 bits per heavy atom. The fraction of sp³-hybridized carbons (Fsp3) is 0.412. The van der Waals surface area contributed by atoms with Gasteiger partial charge >= 0.3 is 0 Å². The number of rotatable bonds is 5. The molecule has 0 radical (unpaired) electrons. The number of aryl methyl sites for hydroxylation is 1. The maximum absolute atomic E-state index is 12.3. The molecule has 1 fully saturated rings. The highest BCUT2D eigenvalue weighted by Crippen LogP contribution is 2.18. The van der Waals surface area contributed by atoms with Gasteiger partial charge in [-0.05, 0) is 37.5 Å². The van der Waals surface area contributed by atoms with Crippen molar-refractivity contribution >= 4 is 11.9 Å². The summed E-state index contributed by atoms with van der Waals surface area (Å²) in [4.78, 5) is 25.1. The molecule has 0 spiro atoms. The van der Waals surface area contributed by atoms with Crippen LogP contribution in [0.25, 0.3) is 0 Å². The maximum Gasteiger partial charge on any atom is 0.270 e. The van der Waals surface area contributed by atoms with Crippen LogP contribution in [0.1, 0.15) is 47.4 Å². The van der Waals surface area contributed by atoms with E-state index in [1.54, 1.807) is 18.5 Å². The van der Waals surface area contributed by atoms with Gasteiger partial charge in [-0.25, -0.2) is 9.97 Å². The van der Waals surface area contributed by atoms with E-state index < -0.39 is 0 Å². The molecule has 0 unspecified atom stereocenters. The Morgan fingerprint density at radius 1 is 1.30 bits per heavy atom. The monoisotopic (exact) mass is 311 g/mol. The number of nitrogens with zero attached hydrogens (tertiary/aromatic N) is 3. The molecule has 0 aromatic carbocycles. The number of aromatic nitrogens is 3. The lowest BCUT2D eigenvalue weighted by molar-refractivity contribution is 0.0932. The minimum Gasteiger partial charge on any atom is -0.350 e. The SMILES string of the molecule is Cc1cc(C(=O)NC2CCCC2)nc(NCc2cccnc2)n1. The van der Waals surface area contributed by atoms with Gasteiger partial charge in [0.2, 0.25) is 5.95 Å². The average Bonchev–Trinajstić information content (AvgIpc) is 3.06. The van der Waals surface area contributed by atoms with Gasteiger partial charge in [-0.15, -0.1) is 0 Å². The van der Waals surface area contributed by atoms with E-state index in [2.05, 4.69) is 25.6 Å². The van der Waals surface area contributed by atoms with Crippen LogP contribution < -0.4 is 10.6 Å². The molecule has 6 heteroatoms. The Hall–Kier alpha value is -2.50. The number of amides is 1. The normalized spacial score (nSPS) is 14.7. The van der Waals surface area contributed by atoms with Crippen molar-refractivity contribution in [1.82, 2.24) is 20.3 Å². The van der Waals surface area contributed by atoms with Crippen LogP contribution in [0, 0.1) is 6.92 Å². The van der Waals surface area contributed by atoms with Crippen LogP contribution in [0.5, 0.6) is 0 Å². The molecular weight excluding hydrogens is 290 g/mol. The van der Waals surface area contributed by atoms with E-state index in [9.17, 15) is 4.79 Å². The first-order valence-electron chi connectivity index (χ1n) is 8.00. The Bertz CT molecular complexity index is 668. The topological polar surface area (TPSA) is 79.8 Å². The van der Waals surface area contributed by atoms with Gasteiger partial charge in [-0.1, -0.05) is 18.9 Å². The van der Waals surface area contributed by atoms with Crippen molar-refractivity contribution in [3.05, 3.63) is 47.5 Å². The van der Waals surface area contributed by atoms with Crippen molar-refractivity contribution in [2.24, 2.45) is 0 Å². The molecule has 2 heterocycles. The number of pyridine rings is 1. The summed E-state index contributed by atoms with van der Waals surface area (Å²) in [5.74, 6) is 0.345. The zero-order valence-corrected chi connectivity index (χ0v) is 13.2. The Kier molecular flexibility index (Phi) is 4.80. The van der Waals surface area contributed by atoms with E-state index in [1.807, 2.05) is 19.1 Å². The first-order valence-corrected chi connectivity index (χ1v) is 8.00. The smallest absolute Gasteiger partial charge is 0.270 e. The summed E-state index contributed by atoms with van der Waals surface area (Å²) in [6.45, 7) is 2.43. The van der Waals surface area contributed by atoms with E-state index >= 15 is 0 Å². The molecule has 1 aliphatic carbocycles. The van der Waals surface area contributed by atoms with Crippen molar-refractivity contribution in [2.75, 3.05) is 5.32 Å². The molecule has 1 saturated carbocycles. The standard InChI is InChI=1S/C17H21N5O/c1-12-9-15(16(23)21-14-6-2-3-7-14)22-17(20-12)19-11-13-5-4-8-18-10-13/h4-5,8-10,14H,2-3,6-7,11H2,1H3,(H,21,23)(H,19,20,22). The van der Waals surface area contributed by atoms with E-state index in [0.717, 1.165) is 24.1 Å². The van der Waals surface area contributed by atoms with Gasteiger partial charge in [0.15, 0.2) is 0 Å². The van der Waals surface area contributed by atoms with Gasteiger partial charge in [0.05, 0.1) is 0 Å². The number of carbonyl (C=O) groups is 1. The van der Waals surface area contributed by atoms with E-state index in [0.29, 0.717) is 18.2 Å². The molecule has 1 amide bonds. The highest BCUT2D eigenvalue weighted by Gasteiger charge is 2.19. The molecule has 0 bridgehead atoms. The highest BCUT2D eigenvalue weighted by molar-refractivity contribution is 5.92. The molecule has 3 rings (SSSR count). The number of nitrogens with one attached hydrogen (secondary N) is 2. The largest absolute Gasteiger partial charge is 0.350 e. The van der Waals surface area contributed by atoms with Crippen molar-refractivity contribution in [3.63, 3.8) is 0 Å². The summed E-state index contributed by atoms with van der Waals surface area (Å²) in [5.41, 5.74) is 2.22. The van der Waals surface area contributed by atoms with E-state index in [1.165, 1.54) is 12.8 Å². The van der Waals surface area contributed by atoms with E-state index in [4.69, 9.17) is 0 Å². The predicted molar refractivity (Wildman–Crippen MR) is 88.1 cm³/mol. The Morgan fingerprint density at radius 3 is 2.87 bits per heavy atom. The molecule has 6 nitrogen and oxygen atoms in total. The second kappa shape index (κ2) is 7.17. The minimum atomic E-state index is -0.119. The van der Waals surface area contributed by atoms with Crippen LogP contribution in [0.15, 0.2) is 30.6 Å². The van der Waals surface area contributed by atoms with Crippen LogP contribution in [-0.4, -0.2) is 26.9 Å². The molecule has 0 aliphatic heterocycles. The summed E-state index contributed by atoms with van der Waals surface area (Å²) in [7, 11) is 0. The molecule has 1 aliphatic rings. The Balaban J connectivity index is 1.67. The first-order chi connectivity index (χ1) is 11.2. The molecule has 0 saturated heterocycles. The number of hydrogen-bond acceptors (Lipinski definition) is 5.